The lowest BCUT2D eigenvalue weighted by Gasteiger charge is -2.06. The summed E-state index contributed by atoms with van der Waals surface area (Å²) in [5.41, 5.74) is 0.0915. The van der Waals surface area contributed by atoms with Crippen LogP contribution in [0, 0.1) is 24.4 Å². The van der Waals surface area contributed by atoms with Gasteiger partial charge in [-0.2, -0.15) is 0 Å². The van der Waals surface area contributed by atoms with E-state index in [2.05, 4.69) is 10.3 Å². The molecule has 2 aromatic rings. The van der Waals surface area contributed by atoms with Crippen LogP contribution in [-0.4, -0.2) is 17.4 Å². The molecule has 2 rings (SSSR count). The van der Waals surface area contributed by atoms with Crippen LogP contribution in [0.4, 0.5) is 13.2 Å². The Morgan fingerprint density at radius 1 is 1.30 bits per heavy atom. The average Bonchev–Trinajstić information content (AvgIpc) is 2.82. The first-order chi connectivity index (χ1) is 9.49. The summed E-state index contributed by atoms with van der Waals surface area (Å²) in [4.78, 5) is 15.7. The van der Waals surface area contributed by atoms with Gasteiger partial charge in [-0.05, 0) is 12.1 Å². The Balaban J connectivity index is 1.97. The fourth-order valence-electron chi connectivity index (χ4n) is 1.62. The number of amides is 1. The second-order valence-electron chi connectivity index (χ2n) is 4.09. The average molecular weight is 284 g/mol. The molecule has 0 fully saturated rings. The maximum absolute atomic E-state index is 13.4. The molecule has 0 saturated heterocycles. The van der Waals surface area contributed by atoms with Gasteiger partial charge in [0.1, 0.15) is 6.26 Å². The summed E-state index contributed by atoms with van der Waals surface area (Å²) < 4.78 is 44.1. The van der Waals surface area contributed by atoms with Gasteiger partial charge in [-0.25, -0.2) is 18.2 Å². The van der Waals surface area contributed by atoms with E-state index < -0.39 is 28.9 Å². The number of aryl methyl sites for hydroxylation is 1. The SMILES string of the molecule is Cc1nc(CCNC(=O)c2ccc(F)c(F)c2F)co1. The summed E-state index contributed by atoms with van der Waals surface area (Å²) >= 11 is 0. The number of carbonyl (C=O) groups is 1. The molecule has 1 N–H and O–H groups in total. The molecule has 1 aromatic heterocycles. The van der Waals surface area contributed by atoms with E-state index in [1.807, 2.05) is 0 Å². The minimum absolute atomic E-state index is 0.170. The van der Waals surface area contributed by atoms with Crippen molar-refractivity contribution in [2.75, 3.05) is 6.54 Å². The highest BCUT2D eigenvalue weighted by atomic mass is 19.2. The van der Waals surface area contributed by atoms with Crippen LogP contribution in [0.2, 0.25) is 0 Å². The lowest BCUT2D eigenvalue weighted by molar-refractivity contribution is 0.0948. The number of aromatic nitrogens is 1. The van der Waals surface area contributed by atoms with Crippen molar-refractivity contribution >= 4 is 5.91 Å². The Morgan fingerprint density at radius 2 is 2.05 bits per heavy atom. The summed E-state index contributed by atoms with van der Waals surface area (Å²) in [5, 5.41) is 2.39. The predicted molar refractivity (Wildman–Crippen MR) is 63.6 cm³/mol. The number of rotatable bonds is 4. The van der Waals surface area contributed by atoms with Crippen molar-refractivity contribution in [3.05, 3.63) is 53.0 Å². The number of nitrogens with zero attached hydrogens (tertiary/aromatic N) is 1. The lowest BCUT2D eigenvalue weighted by atomic mass is 10.2. The van der Waals surface area contributed by atoms with Gasteiger partial charge in [0, 0.05) is 19.9 Å². The molecule has 1 aromatic carbocycles. The number of carbonyl (C=O) groups excluding carboxylic acids is 1. The summed E-state index contributed by atoms with van der Waals surface area (Å²) in [6.07, 6.45) is 1.83. The fraction of sp³-hybridized carbons (Fsp3) is 0.231. The minimum atomic E-state index is -1.66. The van der Waals surface area contributed by atoms with Crippen molar-refractivity contribution in [1.29, 1.82) is 0 Å². The topological polar surface area (TPSA) is 55.1 Å². The molecule has 0 radical (unpaired) electrons. The van der Waals surface area contributed by atoms with Crippen molar-refractivity contribution in [3.63, 3.8) is 0 Å². The number of hydrogen-bond acceptors (Lipinski definition) is 3. The van der Waals surface area contributed by atoms with E-state index in [1.54, 1.807) is 6.92 Å². The largest absolute Gasteiger partial charge is 0.449 e. The van der Waals surface area contributed by atoms with Crippen molar-refractivity contribution in [2.45, 2.75) is 13.3 Å². The molecule has 0 aliphatic heterocycles. The molecule has 0 aliphatic rings. The minimum Gasteiger partial charge on any atom is -0.449 e. The zero-order valence-electron chi connectivity index (χ0n) is 10.5. The Labute approximate surface area is 112 Å². The monoisotopic (exact) mass is 284 g/mol. The van der Waals surface area contributed by atoms with Crippen LogP contribution in [-0.2, 0) is 6.42 Å². The molecule has 1 amide bonds. The Hall–Kier alpha value is -2.31. The summed E-state index contributed by atoms with van der Waals surface area (Å²) in [6, 6.07) is 1.59. The first kappa shape index (κ1) is 14.1. The molecule has 0 atom stereocenters. The van der Waals surface area contributed by atoms with Gasteiger partial charge in [0.25, 0.3) is 5.91 Å². The molecular weight excluding hydrogens is 273 g/mol. The van der Waals surface area contributed by atoms with Crippen molar-refractivity contribution in [2.24, 2.45) is 0 Å². The van der Waals surface area contributed by atoms with E-state index in [0.717, 1.165) is 6.07 Å². The molecule has 1 heterocycles. The third-order valence-corrected chi connectivity index (χ3v) is 2.61. The van der Waals surface area contributed by atoms with Crippen LogP contribution < -0.4 is 5.32 Å². The highest BCUT2D eigenvalue weighted by molar-refractivity contribution is 5.94. The van der Waals surface area contributed by atoms with Crippen LogP contribution in [0.15, 0.2) is 22.8 Å². The van der Waals surface area contributed by atoms with Crippen LogP contribution in [0.25, 0.3) is 0 Å². The van der Waals surface area contributed by atoms with E-state index in [-0.39, 0.29) is 6.54 Å². The standard InChI is InChI=1S/C13H11F3N2O2/c1-7-18-8(6-20-7)4-5-17-13(19)9-2-3-10(14)12(16)11(9)15/h2-3,6H,4-5H2,1H3,(H,17,19). The highest BCUT2D eigenvalue weighted by Gasteiger charge is 2.18. The Kier molecular flexibility index (Phi) is 4.07. The van der Waals surface area contributed by atoms with Gasteiger partial charge < -0.3 is 9.73 Å². The molecule has 0 saturated carbocycles. The quantitative estimate of drug-likeness (QED) is 0.877. The molecule has 0 unspecified atom stereocenters. The maximum atomic E-state index is 13.4. The second-order valence-corrected chi connectivity index (χ2v) is 4.09. The molecule has 0 bridgehead atoms. The van der Waals surface area contributed by atoms with E-state index in [9.17, 15) is 18.0 Å². The van der Waals surface area contributed by atoms with Crippen LogP contribution in [0.5, 0.6) is 0 Å². The molecule has 0 aliphatic carbocycles. The molecular formula is C13H11F3N2O2. The van der Waals surface area contributed by atoms with Gasteiger partial charge in [-0.15, -0.1) is 0 Å². The number of hydrogen-bond donors (Lipinski definition) is 1. The summed E-state index contributed by atoms with van der Waals surface area (Å²) in [5.74, 6) is -4.82. The van der Waals surface area contributed by atoms with Crippen LogP contribution >= 0.6 is 0 Å². The molecule has 20 heavy (non-hydrogen) atoms. The molecule has 7 heteroatoms. The van der Waals surface area contributed by atoms with E-state index in [4.69, 9.17) is 4.42 Å². The molecule has 0 spiro atoms. The van der Waals surface area contributed by atoms with Crippen LogP contribution in [0.3, 0.4) is 0 Å². The van der Waals surface area contributed by atoms with Crippen molar-refractivity contribution in [3.8, 4) is 0 Å². The smallest absolute Gasteiger partial charge is 0.254 e. The number of oxazole rings is 1. The number of halogens is 3. The van der Waals surface area contributed by atoms with Gasteiger partial charge in [0.15, 0.2) is 23.3 Å². The second kappa shape index (κ2) is 5.77. The van der Waals surface area contributed by atoms with E-state index in [1.165, 1.54) is 6.26 Å². The van der Waals surface area contributed by atoms with Gasteiger partial charge >= 0.3 is 0 Å². The zero-order valence-corrected chi connectivity index (χ0v) is 10.5. The Bertz CT molecular complexity index is 641. The van der Waals surface area contributed by atoms with Crippen molar-refractivity contribution in [1.82, 2.24) is 10.3 Å². The van der Waals surface area contributed by atoms with Gasteiger partial charge in [0.05, 0.1) is 11.3 Å². The highest BCUT2D eigenvalue weighted by Crippen LogP contribution is 2.15. The molecule has 4 nitrogen and oxygen atoms in total. The van der Waals surface area contributed by atoms with Gasteiger partial charge in [0.2, 0.25) is 0 Å². The third kappa shape index (κ3) is 2.98. The van der Waals surface area contributed by atoms with Gasteiger partial charge in [-0.1, -0.05) is 0 Å². The first-order valence-electron chi connectivity index (χ1n) is 5.81. The first-order valence-corrected chi connectivity index (χ1v) is 5.81. The molecule has 106 valence electrons. The van der Waals surface area contributed by atoms with E-state index >= 15 is 0 Å². The van der Waals surface area contributed by atoms with Gasteiger partial charge in [-0.3, -0.25) is 4.79 Å². The lowest BCUT2D eigenvalue weighted by Crippen LogP contribution is -2.27. The fourth-order valence-corrected chi connectivity index (χ4v) is 1.62. The predicted octanol–water partition coefficient (Wildman–Crippen LogP) is 2.37. The van der Waals surface area contributed by atoms with Crippen molar-refractivity contribution < 1.29 is 22.4 Å². The number of benzene rings is 1. The number of nitrogens with one attached hydrogen (secondary N) is 1. The van der Waals surface area contributed by atoms with E-state index in [0.29, 0.717) is 24.1 Å². The zero-order chi connectivity index (χ0) is 14.7. The van der Waals surface area contributed by atoms with Crippen LogP contribution in [0.1, 0.15) is 21.9 Å². The summed E-state index contributed by atoms with van der Waals surface area (Å²) in [6.45, 7) is 1.85. The normalized spacial score (nSPS) is 10.6. The summed E-state index contributed by atoms with van der Waals surface area (Å²) in [7, 11) is 0. The Morgan fingerprint density at radius 3 is 2.70 bits per heavy atom. The third-order valence-electron chi connectivity index (χ3n) is 2.61. The maximum Gasteiger partial charge on any atom is 0.254 e.